The fourth-order valence-electron chi connectivity index (χ4n) is 2.97. The Morgan fingerprint density at radius 1 is 1.36 bits per heavy atom. The van der Waals surface area contributed by atoms with Crippen LogP contribution in [0, 0.1) is 5.82 Å². The first-order chi connectivity index (χ1) is 12.1. The van der Waals surface area contributed by atoms with E-state index < -0.39 is 0 Å². The zero-order valence-electron chi connectivity index (χ0n) is 14.0. The number of ether oxygens (including phenoxy) is 1. The highest BCUT2D eigenvalue weighted by Gasteiger charge is 2.17. The van der Waals surface area contributed by atoms with Crippen LogP contribution in [0.1, 0.15) is 23.1 Å². The Hall–Kier alpha value is -2.11. The van der Waals surface area contributed by atoms with Crippen LogP contribution in [0.15, 0.2) is 30.3 Å². The van der Waals surface area contributed by atoms with Crippen LogP contribution < -0.4 is 15.4 Å². The van der Waals surface area contributed by atoms with Gasteiger partial charge in [0.1, 0.15) is 11.6 Å². The third-order valence-corrected chi connectivity index (χ3v) is 4.63. The van der Waals surface area contributed by atoms with Gasteiger partial charge in [-0.3, -0.25) is 4.79 Å². The molecule has 2 N–H and O–H groups in total. The second kappa shape index (κ2) is 7.85. The SMILES string of the molecule is COc1ccc(CCC(=O)Nc2ccc3c(c2F)CCNC3)cc1Cl. The molecule has 0 bridgehead atoms. The molecule has 6 heteroatoms. The Morgan fingerprint density at radius 2 is 2.20 bits per heavy atom. The van der Waals surface area contributed by atoms with E-state index in [1.165, 1.54) is 0 Å². The fraction of sp³-hybridized carbons (Fsp3) is 0.316. The van der Waals surface area contributed by atoms with Crippen molar-refractivity contribution in [1.29, 1.82) is 0 Å². The number of halogens is 2. The van der Waals surface area contributed by atoms with Crippen LogP contribution in [0.5, 0.6) is 5.75 Å². The van der Waals surface area contributed by atoms with E-state index in [0.29, 0.717) is 35.7 Å². The molecule has 0 saturated carbocycles. The zero-order chi connectivity index (χ0) is 17.8. The van der Waals surface area contributed by atoms with E-state index in [1.54, 1.807) is 25.3 Å². The summed E-state index contributed by atoms with van der Waals surface area (Å²) in [6.07, 6.45) is 1.40. The topological polar surface area (TPSA) is 50.4 Å². The molecule has 1 aliphatic rings. The number of amides is 1. The minimum Gasteiger partial charge on any atom is -0.495 e. The maximum absolute atomic E-state index is 14.5. The van der Waals surface area contributed by atoms with Crippen molar-refractivity contribution in [3.05, 3.63) is 57.9 Å². The molecule has 0 radical (unpaired) electrons. The molecule has 4 nitrogen and oxygen atoms in total. The molecule has 132 valence electrons. The number of fused-ring (bicyclic) bond motifs is 1. The van der Waals surface area contributed by atoms with Gasteiger partial charge in [-0.25, -0.2) is 4.39 Å². The number of nitrogens with one attached hydrogen (secondary N) is 2. The Kier molecular flexibility index (Phi) is 5.56. The zero-order valence-corrected chi connectivity index (χ0v) is 14.8. The molecule has 3 rings (SSSR count). The second-order valence-electron chi connectivity index (χ2n) is 6.01. The average Bonchev–Trinajstić information content (AvgIpc) is 2.63. The summed E-state index contributed by atoms with van der Waals surface area (Å²) in [6.45, 7) is 1.41. The highest BCUT2D eigenvalue weighted by Crippen LogP contribution is 2.26. The predicted molar refractivity (Wildman–Crippen MR) is 96.8 cm³/mol. The molecule has 1 amide bonds. The van der Waals surface area contributed by atoms with E-state index in [0.717, 1.165) is 17.7 Å². The van der Waals surface area contributed by atoms with Crippen LogP contribution in [0.3, 0.4) is 0 Å². The van der Waals surface area contributed by atoms with Crippen LogP contribution in [0.25, 0.3) is 0 Å². The van der Waals surface area contributed by atoms with Crippen molar-refractivity contribution >= 4 is 23.2 Å². The number of benzene rings is 2. The minimum absolute atomic E-state index is 0.222. The molecule has 0 saturated heterocycles. The van der Waals surface area contributed by atoms with Crippen molar-refractivity contribution in [3.8, 4) is 5.75 Å². The van der Waals surface area contributed by atoms with Gasteiger partial charge in [0.05, 0.1) is 17.8 Å². The number of hydrogen-bond donors (Lipinski definition) is 2. The molecule has 0 unspecified atom stereocenters. The van der Waals surface area contributed by atoms with E-state index in [-0.39, 0.29) is 23.8 Å². The summed E-state index contributed by atoms with van der Waals surface area (Å²) in [5.74, 6) is 0.0556. The highest BCUT2D eigenvalue weighted by atomic mass is 35.5. The second-order valence-corrected chi connectivity index (χ2v) is 6.42. The van der Waals surface area contributed by atoms with E-state index >= 15 is 0 Å². The first kappa shape index (κ1) is 17.7. The van der Waals surface area contributed by atoms with Crippen molar-refractivity contribution in [2.24, 2.45) is 0 Å². The average molecular weight is 363 g/mol. The molecule has 0 fully saturated rings. The number of carbonyl (C=O) groups is 1. The molecule has 25 heavy (non-hydrogen) atoms. The van der Waals surface area contributed by atoms with Crippen LogP contribution >= 0.6 is 11.6 Å². The van der Waals surface area contributed by atoms with Crippen molar-refractivity contribution < 1.29 is 13.9 Å². The molecule has 0 aliphatic carbocycles. The van der Waals surface area contributed by atoms with Crippen LogP contribution in [0.4, 0.5) is 10.1 Å². The lowest BCUT2D eigenvalue weighted by Gasteiger charge is -2.19. The maximum Gasteiger partial charge on any atom is 0.224 e. The van der Waals surface area contributed by atoms with E-state index in [4.69, 9.17) is 16.3 Å². The number of aryl methyl sites for hydroxylation is 1. The lowest BCUT2D eigenvalue weighted by molar-refractivity contribution is -0.116. The first-order valence-corrected chi connectivity index (χ1v) is 8.59. The molecule has 0 spiro atoms. The largest absolute Gasteiger partial charge is 0.495 e. The van der Waals surface area contributed by atoms with E-state index in [9.17, 15) is 9.18 Å². The number of carbonyl (C=O) groups excluding carboxylic acids is 1. The van der Waals surface area contributed by atoms with E-state index in [2.05, 4.69) is 10.6 Å². The summed E-state index contributed by atoms with van der Waals surface area (Å²) >= 11 is 6.08. The maximum atomic E-state index is 14.5. The van der Waals surface area contributed by atoms with Crippen molar-refractivity contribution in [2.75, 3.05) is 19.0 Å². The van der Waals surface area contributed by atoms with E-state index in [1.807, 2.05) is 12.1 Å². The fourth-order valence-corrected chi connectivity index (χ4v) is 3.25. The molecular formula is C19H20ClFN2O2. The Bertz CT molecular complexity index is 795. The normalized spacial score (nSPS) is 13.2. The van der Waals surface area contributed by atoms with Crippen LogP contribution in [0.2, 0.25) is 5.02 Å². The van der Waals surface area contributed by atoms with Crippen LogP contribution in [-0.4, -0.2) is 19.6 Å². The summed E-state index contributed by atoms with van der Waals surface area (Å²) in [7, 11) is 1.55. The Morgan fingerprint density at radius 3 is 2.96 bits per heavy atom. The third kappa shape index (κ3) is 4.11. The lowest BCUT2D eigenvalue weighted by atomic mass is 9.99. The monoisotopic (exact) mass is 362 g/mol. The smallest absolute Gasteiger partial charge is 0.224 e. The van der Waals surface area contributed by atoms with Gasteiger partial charge in [-0.05, 0) is 54.3 Å². The first-order valence-electron chi connectivity index (χ1n) is 8.21. The molecule has 2 aromatic rings. The summed E-state index contributed by atoms with van der Waals surface area (Å²) < 4.78 is 19.6. The van der Waals surface area contributed by atoms with Gasteiger partial charge >= 0.3 is 0 Å². The third-order valence-electron chi connectivity index (χ3n) is 4.34. The van der Waals surface area contributed by atoms with Gasteiger partial charge in [0, 0.05) is 13.0 Å². The molecule has 2 aromatic carbocycles. The highest BCUT2D eigenvalue weighted by molar-refractivity contribution is 6.32. The molecule has 0 aromatic heterocycles. The van der Waals surface area contributed by atoms with Crippen molar-refractivity contribution in [2.45, 2.75) is 25.8 Å². The lowest BCUT2D eigenvalue weighted by Crippen LogP contribution is -2.25. The Labute approximate surface area is 151 Å². The van der Waals surface area contributed by atoms with Gasteiger partial charge in [-0.15, -0.1) is 0 Å². The predicted octanol–water partition coefficient (Wildman–Crippen LogP) is 3.70. The van der Waals surface area contributed by atoms with Crippen molar-refractivity contribution in [1.82, 2.24) is 5.32 Å². The Balaban J connectivity index is 1.62. The van der Waals surface area contributed by atoms with Gasteiger partial charge in [0.2, 0.25) is 5.91 Å². The van der Waals surface area contributed by atoms with Gasteiger partial charge in [-0.1, -0.05) is 23.7 Å². The number of methoxy groups -OCH3 is 1. The summed E-state index contributed by atoms with van der Waals surface area (Å²) in [5, 5.41) is 6.39. The molecular weight excluding hydrogens is 343 g/mol. The quantitative estimate of drug-likeness (QED) is 0.852. The standard InChI is InChI=1S/C19H20ClFN2O2/c1-25-17-6-2-12(10-15(17)20)3-7-18(24)23-16-5-4-13-11-22-9-8-14(13)19(16)21/h2,4-6,10,22H,3,7-9,11H2,1H3,(H,23,24). The molecule has 1 aliphatic heterocycles. The van der Waals surface area contributed by atoms with Gasteiger partial charge in [-0.2, -0.15) is 0 Å². The number of anilines is 1. The summed E-state index contributed by atoms with van der Waals surface area (Å²) in [5.41, 5.74) is 2.82. The van der Waals surface area contributed by atoms with Crippen molar-refractivity contribution in [3.63, 3.8) is 0 Å². The number of rotatable bonds is 5. The number of hydrogen-bond acceptors (Lipinski definition) is 3. The van der Waals surface area contributed by atoms with Gasteiger partial charge in [0.25, 0.3) is 0 Å². The van der Waals surface area contributed by atoms with Gasteiger partial charge < -0.3 is 15.4 Å². The van der Waals surface area contributed by atoms with Crippen LogP contribution in [-0.2, 0) is 24.2 Å². The molecule has 0 atom stereocenters. The summed E-state index contributed by atoms with van der Waals surface area (Å²) in [4.78, 5) is 12.2. The molecule has 1 heterocycles. The summed E-state index contributed by atoms with van der Waals surface area (Å²) in [6, 6.07) is 8.91. The van der Waals surface area contributed by atoms with Gasteiger partial charge in [0.15, 0.2) is 0 Å². The minimum atomic E-state index is -0.320.